The summed E-state index contributed by atoms with van der Waals surface area (Å²) in [5.41, 5.74) is 6.59. The molecule has 0 radical (unpaired) electrons. The lowest BCUT2D eigenvalue weighted by Crippen LogP contribution is -2.50. The monoisotopic (exact) mass is 319 g/mol. The standard InChI is InChI=1S/C17H25N3O3/c1-13(18)16(21)20-10-8-15(9-11-20)19(2)17(22)23-12-14-6-4-3-5-7-14/h3-7,13,15H,8-12,18H2,1-2H3. The maximum absolute atomic E-state index is 12.1. The summed E-state index contributed by atoms with van der Waals surface area (Å²) in [5.74, 6) is -0.0299. The molecule has 1 aliphatic rings. The first-order chi connectivity index (χ1) is 11.0. The summed E-state index contributed by atoms with van der Waals surface area (Å²) in [4.78, 5) is 27.4. The predicted octanol–water partition coefficient (Wildman–Crippen LogP) is 1.59. The van der Waals surface area contributed by atoms with E-state index in [1.165, 1.54) is 0 Å². The molecular formula is C17H25N3O3. The van der Waals surface area contributed by atoms with Crippen LogP contribution < -0.4 is 5.73 Å². The first kappa shape index (κ1) is 17.3. The van der Waals surface area contributed by atoms with Crippen molar-refractivity contribution >= 4 is 12.0 Å². The van der Waals surface area contributed by atoms with Gasteiger partial charge in [-0.15, -0.1) is 0 Å². The number of piperidine rings is 1. The Morgan fingerprint density at radius 3 is 2.48 bits per heavy atom. The van der Waals surface area contributed by atoms with E-state index in [9.17, 15) is 9.59 Å². The summed E-state index contributed by atoms with van der Waals surface area (Å²) in [6.07, 6.45) is 1.16. The van der Waals surface area contributed by atoms with Gasteiger partial charge in [-0.25, -0.2) is 4.79 Å². The molecular weight excluding hydrogens is 294 g/mol. The molecule has 2 rings (SSSR count). The lowest BCUT2D eigenvalue weighted by molar-refractivity contribution is -0.133. The van der Waals surface area contributed by atoms with E-state index in [2.05, 4.69) is 0 Å². The van der Waals surface area contributed by atoms with Gasteiger partial charge in [0.1, 0.15) is 6.61 Å². The molecule has 1 atom stereocenters. The van der Waals surface area contributed by atoms with Crippen LogP contribution in [-0.2, 0) is 16.1 Å². The summed E-state index contributed by atoms with van der Waals surface area (Å²) < 4.78 is 5.34. The highest BCUT2D eigenvalue weighted by Gasteiger charge is 2.29. The normalized spacial score (nSPS) is 16.7. The van der Waals surface area contributed by atoms with Gasteiger partial charge in [-0.3, -0.25) is 4.79 Å². The van der Waals surface area contributed by atoms with Crippen molar-refractivity contribution in [3.8, 4) is 0 Å². The Bertz CT molecular complexity index is 525. The smallest absolute Gasteiger partial charge is 0.410 e. The van der Waals surface area contributed by atoms with Crippen LogP contribution in [0.2, 0.25) is 0 Å². The van der Waals surface area contributed by atoms with E-state index in [0.29, 0.717) is 13.1 Å². The first-order valence-corrected chi connectivity index (χ1v) is 7.97. The summed E-state index contributed by atoms with van der Waals surface area (Å²) in [6, 6.07) is 9.22. The summed E-state index contributed by atoms with van der Waals surface area (Å²) in [5, 5.41) is 0. The second-order valence-corrected chi connectivity index (χ2v) is 6.00. The average Bonchev–Trinajstić information content (AvgIpc) is 2.59. The van der Waals surface area contributed by atoms with Gasteiger partial charge >= 0.3 is 6.09 Å². The van der Waals surface area contributed by atoms with Gasteiger partial charge in [0.25, 0.3) is 0 Å². The lowest BCUT2D eigenvalue weighted by Gasteiger charge is -2.36. The molecule has 1 aliphatic heterocycles. The van der Waals surface area contributed by atoms with Crippen molar-refractivity contribution in [2.24, 2.45) is 5.73 Å². The van der Waals surface area contributed by atoms with Crippen LogP contribution in [0.4, 0.5) is 4.79 Å². The Balaban J connectivity index is 1.79. The molecule has 23 heavy (non-hydrogen) atoms. The lowest BCUT2D eigenvalue weighted by atomic mass is 10.0. The Labute approximate surface area is 137 Å². The molecule has 0 spiro atoms. The largest absolute Gasteiger partial charge is 0.445 e. The number of carbonyl (C=O) groups excluding carboxylic acids is 2. The number of nitrogens with zero attached hydrogens (tertiary/aromatic N) is 2. The minimum atomic E-state index is -0.472. The van der Waals surface area contributed by atoms with E-state index in [1.54, 1.807) is 23.8 Å². The second-order valence-electron chi connectivity index (χ2n) is 6.00. The summed E-state index contributed by atoms with van der Waals surface area (Å²) in [7, 11) is 1.75. The van der Waals surface area contributed by atoms with E-state index >= 15 is 0 Å². The zero-order chi connectivity index (χ0) is 16.8. The van der Waals surface area contributed by atoms with E-state index in [4.69, 9.17) is 10.5 Å². The maximum Gasteiger partial charge on any atom is 0.410 e. The van der Waals surface area contributed by atoms with E-state index in [0.717, 1.165) is 18.4 Å². The van der Waals surface area contributed by atoms with Crippen LogP contribution in [0.15, 0.2) is 30.3 Å². The predicted molar refractivity (Wildman–Crippen MR) is 87.6 cm³/mol. The minimum Gasteiger partial charge on any atom is -0.445 e. The van der Waals surface area contributed by atoms with Crippen molar-refractivity contribution in [1.82, 2.24) is 9.80 Å². The van der Waals surface area contributed by atoms with Gasteiger partial charge in [-0.2, -0.15) is 0 Å². The van der Waals surface area contributed by atoms with Gasteiger partial charge in [0.2, 0.25) is 5.91 Å². The zero-order valence-corrected chi connectivity index (χ0v) is 13.8. The van der Waals surface area contributed by atoms with Crippen LogP contribution in [0.3, 0.4) is 0 Å². The molecule has 6 heteroatoms. The Morgan fingerprint density at radius 1 is 1.30 bits per heavy atom. The highest BCUT2D eigenvalue weighted by atomic mass is 16.6. The van der Waals surface area contributed by atoms with Crippen molar-refractivity contribution in [3.63, 3.8) is 0 Å². The quantitative estimate of drug-likeness (QED) is 0.914. The average molecular weight is 319 g/mol. The van der Waals surface area contributed by atoms with Crippen molar-refractivity contribution in [1.29, 1.82) is 0 Å². The number of amides is 2. The van der Waals surface area contributed by atoms with Crippen LogP contribution >= 0.6 is 0 Å². The first-order valence-electron chi connectivity index (χ1n) is 7.97. The molecule has 1 aromatic rings. The van der Waals surface area contributed by atoms with E-state index in [-0.39, 0.29) is 24.6 Å². The van der Waals surface area contributed by atoms with Crippen molar-refractivity contribution in [3.05, 3.63) is 35.9 Å². The van der Waals surface area contributed by atoms with Crippen LogP contribution in [0.5, 0.6) is 0 Å². The van der Waals surface area contributed by atoms with Gasteiger partial charge < -0.3 is 20.3 Å². The van der Waals surface area contributed by atoms with Crippen LogP contribution in [0.1, 0.15) is 25.3 Å². The van der Waals surface area contributed by atoms with E-state index in [1.807, 2.05) is 30.3 Å². The number of hydrogen-bond donors (Lipinski definition) is 1. The number of ether oxygens (including phenoxy) is 1. The molecule has 1 fully saturated rings. The second kappa shape index (κ2) is 7.97. The molecule has 2 amide bonds. The molecule has 126 valence electrons. The van der Waals surface area contributed by atoms with Gasteiger partial charge in [-0.1, -0.05) is 30.3 Å². The molecule has 1 saturated heterocycles. The van der Waals surface area contributed by atoms with Crippen LogP contribution in [0, 0.1) is 0 Å². The molecule has 0 aliphatic carbocycles. The number of benzene rings is 1. The van der Waals surface area contributed by atoms with Crippen molar-refractivity contribution in [2.45, 2.75) is 38.5 Å². The fourth-order valence-corrected chi connectivity index (χ4v) is 2.73. The molecule has 6 nitrogen and oxygen atoms in total. The van der Waals surface area contributed by atoms with Crippen LogP contribution in [-0.4, -0.2) is 54.0 Å². The molecule has 1 heterocycles. The third-order valence-corrected chi connectivity index (χ3v) is 4.21. The minimum absolute atomic E-state index is 0.0299. The highest BCUT2D eigenvalue weighted by molar-refractivity contribution is 5.81. The third-order valence-electron chi connectivity index (χ3n) is 4.21. The fourth-order valence-electron chi connectivity index (χ4n) is 2.73. The summed E-state index contributed by atoms with van der Waals surface area (Å²) in [6.45, 7) is 3.22. The number of hydrogen-bond acceptors (Lipinski definition) is 4. The molecule has 0 aromatic heterocycles. The molecule has 2 N–H and O–H groups in total. The SMILES string of the molecule is CC(N)C(=O)N1CCC(N(C)C(=O)OCc2ccccc2)CC1. The summed E-state index contributed by atoms with van der Waals surface area (Å²) >= 11 is 0. The Kier molecular flexibility index (Phi) is 5.98. The van der Waals surface area contributed by atoms with Gasteiger partial charge in [0.05, 0.1) is 6.04 Å². The van der Waals surface area contributed by atoms with Gasteiger partial charge in [0.15, 0.2) is 0 Å². The number of likely N-dealkylation sites (tertiary alicyclic amines) is 1. The third kappa shape index (κ3) is 4.69. The van der Waals surface area contributed by atoms with Crippen LogP contribution in [0.25, 0.3) is 0 Å². The van der Waals surface area contributed by atoms with Crippen molar-refractivity contribution < 1.29 is 14.3 Å². The molecule has 1 unspecified atom stereocenters. The topological polar surface area (TPSA) is 75.9 Å². The van der Waals surface area contributed by atoms with Crippen molar-refractivity contribution in [2.75, 3.05) is 20.1 Å². The van der Waals surface area contributed by atoms with E-state index < -0.39 is 6.04 Å². The molecule has 1 aromatic carbocycles. The number of carbonyl (C=O) groups is 2. The number of rotatable bonds is 4. The fraction of sp³-hybridized carbons (Fsp3) is 0.529. The van der Waals surface area contributed by atoms with Gasteiger partial charge in [0, 0.05) is 26.2 Å². The Morgan fingerprint density at radius 2 is 1.91 bits per heavy atom. The molecule has 0 saturated carbocycles. The Hall–Kier alpha value is -2.08. The zero-order valence-electron chi connectivity index (χ0n) is 13.8. The number of nitrogens with two attached hydrogens (primary N) is 1. The molecule has 0 bridgehead atoms. The maximum atomic E-state index is 12.1. The van der Waals surface area contributed by atoms with Gasteiger partial charge in [-0.05, 0) is 25.3 Å². The highest BCUT2D eigenvalue weighted by Crippen LogP contribution is 2.17.